The summed E-state index contributed by atoms with van der Waals surface area (Å²) in [5.41, 5.74) is 2.31. The summed E-state index contributed by atoms with van der Waals surface area (Å²) in [5.74, 6) is 0. The van der Waals surface area contributed by atoms with Crippen molar-refractivity contribution < 1.29 is 0 Å². The third-order valence-electron chi connectivity index (χ3n) is 1.48. The molecule has 0 saturated carbocycles. The van der Waals surface area contributed by atoms with Gasteiger partial charge in [-0.15, -0.1) is 0 Å². The molecule has 0 bridgehead atoms. The van der Waals surface area contributed by atoms with Gasteiger partial charge in [-0.1, -0.05) is 6.07 Å². The minimum atomic E-state index is 0.651. The lowest BCUT2D eigenvalue weighted by Crippen LogP contribution is -1.71. The van der Waals surface area contributed by atoms with Gasteiger partial charge in [0.25, 0.3) is 0 Å². The molecule has 1 rings (SSSR count). The van der Waals surface area contributed by atoms with Gasteiger partial charge in [0.05, 0.1) is 17.4 Å². The van der Waals surface area contributed by atoms with Crippen LogP contribution < -0.4 is 0 Å². The van der Waals surface area contributed by atoms with E-state index in [9.17, 15) is 0 Å². The molecule has 0 saturated heterocycles. The highest BCUT2D eigenvalue weighted by atomic mass is 32.1. The number of thiocarbonyl (C=S) groups is 1. The maximum Gasteiger partial charge on any atom is 0.190 e. The van der Waals surface area contributed by atoms with Crippen LogP contribution in [0.15, 0.2) is 23.2 Å². The van der Waals surface area contributed by atoms with Gasteiger partial charge in [-0.05, 0) is 36.8 Å². The molecule has 0 aliphatic rings. The lowest BCUT2D eigenvalue weighted by Gasteiger charge is -1.96. The Hall–Kier alpha value is -1.49. The van der Waals surface area contributed by atoms with Gasteiger partial charge in [-0.2, -0.15) is 4.99 Å². The van der Waals surface area contributed by atoms with E-state index in [1.807, 2.05) is 13.0 Å². The van der Waals surface area contributed by atoms with E-state index in [1.165, 1.54) is 0 Å². The highest BCUT2D eigenvalue weighted by Crippen LogP contribution is 2.23. The van der Waals surface area contributed by atoms with Crippen LogP contribution in [0.25, 0.3) is 4.85 Å². The lowest BCUT2D eigenvalue weighted by atomic mass is 10.2. The molecule has 1 aromatic rings. The van der Waals surface area contributed by atoms with E-state index >= 15 is 0 Å². The molecule has 1 aromatic carbocycles. The second kappa shape index (κ2) is 3.77. The van der Waals surface area contributed by atoms with Crippen LogP contribution in [0.5, 0.6) is 0 Å². The first-order valence-corrected chi connectivity index (χ1v) is 3.74. The summed E-state index contributed by atoms with van der Waals surface area (Å²) >= 11 is 4.46. The second-order valence-corrected chi connectivity index (χ2v) is 2.47. The van der Waals surface area contributed by atoms with Crippen molar-refractivity contribution in [1.29, 1.82) is 0 Å². The number of aliphatic imine (C=N–C) groups is 1. The fourth-order valence-corrected chi connectivity index (χ4v) is 0.993. The Labute approximate surface area is 76.4 Å². The molecule has 0 aromatic heterocycles. The van der Waals surface area contributed by atoms with Gasteiger partial charge in [-0.25, -0.2) is 4.85 Å². The Morgan fingerprint density at radius 3 is 2.83 bits per heavy atom. The molecule has 0 radical (unpaired) electrons. The van der Waals surface area contributed by atoms with E-state index in [2.05, 4.69) is 27.2 Å². The van der Waals surface area contributed by atoms with Crippen molar-refractivity contribution in [2.45, 2.75) is 6.92 Å². The van der Waals surface area contributed by atoms with Gasteiger partial charge in [0.15, 0.2) is 5.69 Å². The van der Waals surface area contributed by atoms with E-state index in [-0.39, 0.29) is 0 Å². The normalized spacial score (nSPS) is 8.33. The molecule has 0 atom stereocenters. The second-order valence-electron chi connectivity index (χ2n) is 2.29. The standard InChI is InChI=1S/C9H6N2S/c1-7-5-8(11-6-12)3-4-9(7)10-2/h3-5H,1H3. The van der Waals surface area contributed by atoms with Crippen LogP contribution in [0.3, 0.4) is 0 Å². The van der Waals surface area contributed by atoms with Crippen molar-refractivity contribution in [1.82, 2.24) is 0 Å². The fourth-order valence-electron chi connectivity index (χ4n) is 0.887. The number of hydrogen-bond acceptors (Lipinski definition) is 2. The molecule has 2 nitrogen and oxygen atoms in total. The summed E-state index contributed by atoms with van der Waals surface area (Å²) in [5, 5.41) is 2.28. The molecule has 12 heavy (non-hydrogen) atoms. The Kier molecular flexibility index (Phi) is 2.71. The molecule has 0 amide bonds. The smallest absolute Gasteiger partial charge is 0.190 e. The van der Waals surface area contributed by atoms with Crippen molar-refractivity contribution in [3.63, 3.8) is 0 Å². The highest BCUT2D eigenvalue weighted by molar-refractivity contribution is 7.78. The van der Waals surface area contributed by atoms with Gasteiger partial charge in [0.1, 0.15) is 0 Å². The Morgan fingerprint density at radius 1 is 1.58 bits per heavy atom. The molecular formula is C9H6N2S. The molecule has 0 aliphatic heterocycles. The quantitative estimate of drug-likeness (QED) is 0.362. The van der Waals surface area contributed by atoms with Gasteiger partial charge >= 0.3 is 0 Å². The van der Waals surface area contributed by atoms with Crippen LogP contribution in [0.2, 0.25) is 0 Å². The topological polar surface area (TPSA) is 16.7 Å². The first kappa shape index (κ1) is 8.61. The highest BCUT2D eigenvalue weighted by Gasteiger charge is 1.96. The van der Waals surface area contributed by atoms with E-state index in [0.29, 0.717) is 5.69 Å². The zero-order chi connectivity index (χ0) is 8.97. The van der Waals surface area contributed by atoms with Gasteiger partial charge in [-0.3, -0.25) is 0 Å². The summed E-state index contributed by atoms with van der Waals surface area (Å²) < 4.78 is 0. The average Bonchev–Trinajstić information content (AvgIpc) is 2.05. The number of hydrogen-bond donors (Lipinski definition) is 0. The predicted octanol–water partition coefficient (Wildman–Crippen LogP) is 3.28. The monoisotopic (exact) mass is 174 g/mol. The Balaban J connectivity index is 3.20. The molecule has 3 heteroatoms. The zero-order valence-electron chi connectivity index (χ0n) is 6.53. The van der Waals surface area contributed by atoms with Crippen molar-refractivity contribution in [3.8, 4) is 0 Å². The summed E-state index contributed by atoms with van der Waals surface area (Å²) in [7, 11) is 0. The van der Waals surface area contributed by atoms with Crippen LogP contribution in [0.1, 0.15) is 5.56 Å². The Morgan fingerprint density at radius 2 is 2.33 bits per heavy atom. The molecule has 58 valence electrons. The molecule has 0 fully saturated rings. The minimum Gasteiger partial charge on any atom is -0.238 e. The third kappa shape index (κ3) is 1.76. The van der Waals surface area contributed by atoms with Crippen LogP contribution in [-0.4, -0.2) is 5.16 Å². The zero-order valence-corrected chi connectivity index (χ0v) is 7.35. The number of benzene rings is 1. The first-order valence-electron chi connectivity index (χ1n) is 3.34. The van der Waals surface area contributed by atoms with Crippen LogP contribution in [-0.2, 0) is 0 Å². The van der Waals surface area contributed by atoms with Gasteiger partial charge < -0.3 is 0 Å². The van der Waals surface area contributed by atoms with Crippen molar-refractivity contribution >= 4 is 28.8 Å². The number of isothiocyanates is 1. The third-order valence-corrected chi connectivity index (χ3v) is 1.57. The Bertz CT molecular complexity index is 384. The molecule has 0 spiro atoms. The molecular weight excluding hydrogens is 168 g/mol. The molecule has 0 N–H and O–H groups in total. The SMILES string of the molecule is [C-]#[N+]c1ccc(N=C=S)cc1C. The molecule has 0 heterocycles. The van der Waals surface area contributed by atoms with Crippen molar-refractivity contribution in [3.05, 3.63) is 35.2 Å². The summed E-state index contributed by atoms with van der Waals surface area (Å²) in [4.78, 5) is 7.14. The van der Waals surface area contributed by atoms with Gasteiger partial charge in [0.2, 0.25) is 0 Å². The molecule has 0 unspecified atom stereocenters. The number of nitrogens with zero attached hydrogens (tertiary/aromatic N) is 2. The van der Waals surface area contributed by atoms with E-state index < -0.39 is 0 Å². The number of rotatable bonds is 1. The van der Waals surface area contributed by atoms with E-state index in [1.54, 1.807) is 12.1 Å². The largest absolute Gasteiger partial charge is 0.238 e. The van der Waals surface area contributed by atoms with Crippen molar-refractivity contribution in [2.24, 2.45) is 4.99 Å². The van der Waals surface area contributed by atoms with Crippen LogP contribution in [0, 0.1) is 13.5 Å². The van der Waals surface area contributed by atoms with Gasteiger partial charge in [0, 0.05) is 0 Å². The summed E-state index contributed by atoms with van der Waals surface area (Å²) in [6.07, 6.45) is 0. The van der Waals surface area contributed by atoms with E-state index in [0.717, 1.165) is 11.3 Å². The maximum absolute atomic E-state index is 6.82. The minimum absolute atomic E-state index is 0.651. The predicted molar refractivity (Wildman–Crippen MR) is 52.1 cm³/mol. The fraction of sp³-hybridized carbons (Fsp3) is 0.111. The number of aryl methyl sites for hydroxylation is 1. The lowest BCUT2D eigenvalue weighted by molar-refractivity contribution is 1.45. The summed E-state index contributed by atoms with van der Waals surface area (Å²) in [6.45, 7) is 8.69. The maximum atomic E-state index is 6.82. The van der Waals surface area contributed by atoms with Crippen molar-refractivity contribution in [2.75, 3.05) is 0 Å². The van der Waals surface area contributed by atoms with Crippen LogP contribution in [0.4, 0.5) is 11.4 Å². The van der Waals surface area contributed by atoms with E-state index in [4.69, 9.17) is 6.57 Å². The average molecular weight is 174 g/mol. The summed E-state index contributed by atoms with van der Waals surface area (Å²) in [6, 6.07) is 5.29. The van der Waals surface area contributed by atoms with Crippen LogP contribution >= 0.6 is 12.2 Å². The first-order chi connectivity index (χ1) is 5.77. The molecule has 0 aliphatic carbocycles.